The molecule has 0 aromatic heterocycles. The van der Waals surface area contributed by atoms with Crippen LogP contribution in [0.2, 0.25) is 0 Å². The molecule has 3 heteroatoms. The lowest BCUT2D eigenvalue weighted by Crippen LogP contribution is -2.52. The molecule has 0 saturated heterocycles. The van der Waals surface area contributed by atoms with Crippen LogP contribution in [-0.4, -0.2) is 11.3 Å². The van der Waals surface area contributed by atoms with E-state index in [4.69, 9.17) is 5.73 Å². The number of Topliss-reactive ketones (excluding diaryl/α,β-unsaturated/α-hetero) is 1. The highest BCUT2D eigenvalue weighted by Crippen LogP contribution is 2.29. The van der Waals surface area contributed by atoms with Crippen LogP contribution in [0.15, 0.2) is 0 Å². The number of hydrogen-bond acceptors (Lipinski definition) is 2. The van der Waals surface area contributed by atoms with Crippen molar-refractivity contribution in [3.63, 3.8) is 0 Å². The molecular formula is C6H12ClNO. The molecule has 9 heavy (non-hydrogen) atoms. The van der Waals surface area contributed by atoms with Crippen LogP contribution in [0.1, 0.15) is 26.2 Å². The highest BCUT2D eigenvalue weighted by atomic mass is 35.5. The minimum atomic E-state index is -0.417. The van der Waals surface area contributed by atoms with Crippen LogP contribution < -0.4 is 5.73 Å². The van der Waals surface area contributed by atoms with Crippen molar-refractivity contribution in [3.05, 3.63) is 0 Å². The second-order valence-corrected chi connectivity index (χ2v) is 2.57. The van der Waals surface area contributed by atoms with Gasteiger partial charge in [-0.25, -0.2) is 0 Å². The Balaban J connectivity index is 0.000000640. The van der Waals surface area contributed by atoms with Crippen molar-refractivity contribution in [3.8, 4) is 0 Å². The number of carbonyl (C=O) groups excluding carboxylic acids is 1. The van der Waals surface area contributed by atoms with Gasteiger partial charge in [0.15, 0.2) is 0 Å². The molecule has 0 spiro atoms. The lowest BCUT2D eigenvalue weighted by atomic mass is 9.75. The van der Waals surface area contributed by atoms with Crippen LogP contribution in [0.4, 0.5) is 0 Å². The molecule has 1 saturated carbocycles. The Bertz CT molecular complexity index is 120. The first kappa shape index (κ1) is 8.92. The van der Waals surface area contributed by atoms with Crippen LogP contribution in [0, 0.1) is 0 Å². The summed E-state index contributed by atoms with van der Waals surface area (Å²) in [4.78, 5) is 10.6. The minimum absolute atomic E-state index is 0. The van der Waals surface area contributed by atoms with Crippen molar-refractivity contribution < 1.29 is 4.79 Å². The molecule has 0 atom stereocenters. The van der Waals surface area contributed by atoms with Crippen LogP contribution in [0.25, 0.3) is 0 Å². The van der Waals surface area contributed by atoms with E-state index >= 15 is 0 Å². The number of hydrogen-bond donors (Lipinski definition) is 1. The van der Waals surface area contributed by atoms with E-state index in [0.29, 0.717) is 0 Å². The van der Waals surface area contributed by atoms with E-state index in [1.165, 1.54) is 0 Å². The highest BCUT2D eigenvalue weighted by Gasteiger charge is 2.36. The molecule has 1 rings (SSSR count). The maximum atomic E-state index is 10.6. The topological polar surface area (TPSA) is 43.1 Å². The van der Waals surface area contributed by atoms with Gasteiger partial charge in [-0.15, -0.1) is 12.4 Å². The van der Waals surface area contributed by atoms with Gasteiger partial charge in [0.2, 0.25) is 0 Å². The number of halogens is 1. The summed E-state index contributed by atoms with van der Waals surface area (Å²) in [6.07, 6.45) is 2.90. The maximum Gasteiger partial charge on any atom is 0.149 e. The molecular weight excluding hydrogens is 138 g/mol. The Kier molecular flexibility index (Phi) is 2.65. The van der Waals surface area contributed by atoms with Crippen molar-refractivity contribution in [2.75, 3.05) is 0 Å². The summed E-state index contributed by atoms with van der Waals surface area (Å²) in [5, 5.41) is 0. The van der Waals surface area contributed by atoms with Gasteiger partial charge in [-0.2, -0.15) is 0 Å². The first-order valence-corrected chi connectivity index (χ1v) is 2.95. The maximum absolute atomic E-state index is 10.6. The Morgan fingerprint density at radius 1 is 1.56 bits per heavy atom. The summed E-state index contributed by atoms with van der Waals surface area (Å²) in [5.74, 6) is 0.142. The quantitative estimate of drug-likeness (QED) is 0.602. The molecule has 2 N–H and O–H groups in total. The van der Waals surface area contributed by atoms with E-state index < -0.39 is 5.54 Å². The largest absolute Gasteiger partial charge is 0.319 e. The number of rotatable bonds is 1. The van der Waals surface area contributed by atoms with E-state index in [9.17, 15) is 4.79 Å². The average Bonchev–Trinajstić information content (AvgIpc) is 1.60. The molecule has 1 fully saturated rings. The van der Waals surface area contributed by atoms with Crippen LogP contribution in [0.3, 0.4) is 0 Å². The lowest BCUT2D eigenvalue weighted by Gasteiger charge is -2.35. The Hall–Kier alpha value is -0.0800. The Morgan fingerprint density at radius 2 is 2.00 bits per heavy atom. The van der Waals surface area contributed by atoms with E-state index in [1.54, 1.807) is 6.92 Å². The van der Waals surface area contributed by atoms with Crippen LogP contribution in [0.5, 0.6) is 0 Å². The van der Waals surface area contributed by atoms with Crippen molar-refractivity contribution in [2.24, 2.45) is 5.73 Å². The summed E-state index contributed by atoms with van der Waals surface area (Å²) >= 11 is 0. The lowest BCUT2D eigenvalue weighted by molar-refractivity contribution is -0.124. The minimum Gasteiger partial charge on any atom is -0.319 e. The van der Waals surface area contributed by atoms with Gasteiger partial charge in [0.25, 0.3) is 0 Å². The first-order valence-electron chi connectivity index (χ1n) is 2.95. The number of carbonyl (C=O) groups is 1. The molecule has 0 radical (unpaired) electrons. The second-order valence-electron chi connectivity index (χ2n) is 2.57. The second kappa shape index (κ2) is 2.67. The molecule has 1 aliphatic carbocycles. The predicted molar refractivity (Wildman–Crippen MR) is 38.7 cm³/mol. The van der Waals surface area contributed by atoms with E-state index in [0.717, 1.165) is 19.3 Å². The fraction of sp³-hybridized carbons (Fsp3) is 0.833. The van der Waals surface area contributed by atoms with Gasteiger partial charge in [0.05, 0.1) is 5.54 Å². The Labute approximate surface area is 61.2 Å². The molecule has 54 valence electrons. The van der Waals surface area contributed by atoms with Gasteiger partial charge in [0, 0.05) is 0 Å². The third-order valence-corrected chi connectivity index (χ3v) is 1.95. The smallest absolute Gasteiger partial charge is 0.149 e. The zero-order valence-corrected chi connectivity index (χ0v) is 6.33. The molecule has 0 aromatic rings. The van der Waals surface area contributed by atoms with Crippen LogP contribution >= 0.6 is 12.4 Å². The van der Waals surface area contributed by atoms with Crippen molar-refractivity contribution in [1.29, 1.82) is 0 Å². The van der Waals surface area contributed by atoms with Gasteiger partial charge < -0.3 is 5.73 Å². The molecule has 2 nitrogen and oxygen atoms in total. The third kappa shape index (κ3) is 1.43. The molecule has 0 unspecified atom stereocenters. The zero-order chi connectivity index (χ0) is 6.20. The number of ketones is 1. The van der Waals surface area contributed by atoms with Gasteiger partial charge >= 0.3 is 0 Å². The summed E-state index contributed by atoms with van der Waals surface area (Å²) in [6, 6.07) is 0. The number of nitrogens with two attached hydrogens (primary N) is 1. The zero-order valence-electron chi connectivity index (χ0n) is 5.52. The third-order valence-electron chi connectivity index (χ3n) is 1.95. The standard InChI is InChI=1S/C6H11NO.ClH/c1-5(8)6(7)3-2-4-6;/h2-4,7H2,1H3;1H. The van der Waals surface area contributed by atoms with E-state index in [-0.39, 0.29) is 18.2 Å². The first-order chi connectivity index (χ1) is 3.65. The van der Waals surface area contributed by atoms with Crippen LogP contribution in [-0.2, 0) is 4.79 Å². The Morgan fingerprint density at radius 3 is 2.00 bits per heavy atom. The molecule has 0 amide bonds. The van der Waals surface area contributed by atoms with Gasteiger partial charge in [0.1, 0.15) is 5.78 Å². The van der Waals surface area contributed by atoms with Crippen molar-refractivity contribution in [2.45, 2.75) is 31.7 Å². The monoisotopic (exact) mass is 149 g/mol. The average molecular weight is 150 g/mol. The fourth-order valence-electron chi connectivity index (χ4n) is 0.910. The van der Waals surface area contributed by atoms with E-state index in [1.807, 2.05) is 0 Å². The molecule has 1 aliphatic rings. The highest BCUT2D eigenvalue weighted by molar-refractivity contribution is 5.86. The summed E-state index contributed by atoms with van der Waals surface area (Å²) < 4.78 is 0. The molecule has 0 aromatic carbocycles. The molecule has 0 bridgehead atoms. The molecule has 0 aliphatic heterocycles. The molecule has 0 heterocycles. The fourth-order valence-corrected chi connectivity index (χ4v) is 0.910. The summed E-state index contributed by atoms with van der Waals surface area (Å²) in [5.41, 5.74) is 5.18. The summed E-state index contributed by atoms with van der Waals surface area (Å²) in [6.45, 7) is 1.57. The van der Waals surface area contributed by atoms with Gasteiger partial charge in [-0.3, -0.25) is 4.79 Å². The van der Waals surface area contributed by atoms with E-state index in [2.05, 4.69) is 0 Å². The van der Waals surface area contributed by atoms with Crippen molar-refractivity contribution in [1.82, 2.24) is 0 Å². The summed E-state index contributed by atoms with van der Waals surface area (Å²) in [7, 11) is 0. The van der Waals surface area contributed by atoms with Gasteiger partial charge in [-0.05, 0) is 26.2 Å². The normalized spacial score (nSPS) is 21.6. The predicted octanol–water partition coefficient (Wildman–Crippen LogP) is 0.879. The van der Waals surface area contributed by atoms with Gasteiger partial charge in [-0.1, -0.05) is 0 Å². The van der Waals surface area contributed by atoms with Crippen molar-refractivity contribution >= 4 is 18.2 Å². The SMILES string of the molecule is CC(=O)C1(N)CCC1.Cl.